The number of nitrogens with one attached hydrogen (secondary N) is 1. The van der Waals surface area contributed by atoms with Gasteiger partial charge in [-0.3, -0.25) is 0 Å². The average molecular weight is 415 g/mol. The van der Waals surface area contributed by atoms with E-state index < -0.39 is 16.1 Å². The van der Waals surface area contributed by atoms with Gasteiger partial charge in [0, 0.05) is 15.0 Å². The van der Waals surface area contributed by atoms with Crippen LogP contribution in [0.3, 0.4) is 0 Å². The summed E-state index contributed by atoms with van der Waals surface area (Å²) in [6, 6.07) is 4.23. The Balaban J connectivity index is 3.00. The molecule has 0 amide bonds. The smallest absolute Gasteiger partial charge is 0.240 e. The molecule has 7 heteroatoms. The molecule has 1 rings (SSSR count). The summed E-state index contributed by atoms with van der Waals surface area (Å²) in [5.74, 6) is 0.0682. The number of sulfonamides is 1. The van der Waals surface area contributed by atoms with Crippen molar-refractivity contribution >= 4 is 41.9 Å². The summed E-state index contributed by atoms with van der Waals surface area (Å²) in [6.07, 6.45) is 0.789. The maximum absolute atomic E-state index is 12.2. The lowest BCUT2D eigenvalue weighted by atomic mass is 10.0. The summed E-state index contributed by atoms with van der Waals surface area (Å²) in [7, 11) is -3.63. The van der Waals surface area contributed by atoms with Gasteiger partial charge in [0.05, 0.1) is 11.5 Å². The second-order valence-corrected chi connectivity index (χ2v) is 7.79. The molecular formula is C12H17Br2NO3S. The lowest BCUT2D eigenvalue weighted by Gasteiger charge is -2.22. The number of hydrogen-bond donors (Lipinski definition) is 2. The first-order valence-electron chi connectivity index (χ1n) is 5.90. The van der Waals surface area contributed by atoms with E-state index in [9.17, 15) is 13.5 Å². The molecule has 0 spiro atoms. The van der Waals surface area contributed by atoms with Crippen LogP contribution >= 0.6 is 31.9 Å². The molecule has 0 heterocycles. The zero-order valence-electron chi connectivity index (χ0n) is 10.7. The normalized spacial score (nSPS) is 15.2. The van der Waals surface area contributed by atoms with E-state index in [1.54, 1.807) is 6.07 Å². The largest absolute Gasteiger partial charge is 0.395 e. The van der Waals surface area contributed by atoms with E-state index in [1.807, 2.05) is 13.8 Å². The summed E-state index contributed by atoms with van der Waals surface area (Å²) in [5.41, 5.74) is 0. The molecule has 19 heavy (non-hydrogen) atoms. The van der Waals surface area contributed by atoms with E-state index in [0.717, 1.165) is 10.9 Å². The van der Waals surface area contributed by atoms with E-state index in [2.05, 4.69) is 36.6 Å². The molecule has 2 N–H and O–H groups in total. The van der Waals surface area contributed by atoms with Crippen LogP contribution in [0.2, 0.25) is 0 Å². The predicted octanol–water partition coefficient (Wildman–Crippen LogP) is 2.90. The highest BCUT2D eigenvalue weighted by molar-refractivity contribution is 9.13. The Kier molecular flexibility index (Phi) is 6.46. The minimum Gasteiger partial charge on any atom is -0.395 e. The van der Waals surface area contributed by atoms with Crippen LogP contribution < -0.4 is 4.72 Å². The predicted molar refractivity (Wildman–Crippen MR) is 82.5 cm³/mol. The van der Waals surface area contributed by atoms with Crippen molar-refractivity contribution in [1.29, 1.82) is 0 Å². The average Bonchev–Trinajstić information content (AvgIpc) is 2.38. The van der Waals surface area contributed by atoms with Crippen LogP contribution in [0.4, 0.5) is 0 Å². The molecule has 0 radical (unpaired) electrons. The highest BCUT2D eigenvalue weighted by Crippen LogP contribution is 2.26. The Morgan fingerprint density at radius 3 is 2.42 bits per heavy atom. The van der Waals surface area contributed by atoms with Crippen LogP contribution in [-0.2, 0) is 10.0 Å². The maximum atomic E-state index is 12.2. The molecule has 1 aromatic carbocycles. The molecule has 0 aliphatic rings. The highest BCUT2D eigenvalue weighted by Gasteiger charge is 2.23. The summed E-state index contributed by atoms with van der Waals surface area (Å²) in [6.45, 7) is 3.64. The third-order valence-corrected chi connectivity index (χ3v) is 6.40. The molecule has 0 aliphatic heterocycles. The minimum atomic E-state index is -3.63. The van der Waals surface area contributed by atoms with Gasteiger partial charge >= 0.3 is 0 Å². The summed E-state index contributed by atoms with van der Waals surface area (Å²) >= 11 is 6.57. The molecule has 0 saturated heterocycles. The second-order valence-electron chi connectivity index (χ2n) is 4.37. The Labute approximate surface area is 130 Å². The molecule has 1 aromatic rings. The number of aliphatic hydroxyl groups is 1. The molecule has 4 nitrogen and oxygen atoms in total. The lowest BCUT2D eigenvalue weighted by Crippen LogP contribution is -2.41. The van der Waals surface area contributed by atoms with Crippen molar-refractivity contribution in [1.82, 2.24) is 4.72 Å². The Hall–Kier alpha value is 0.0500. The van der Waals surface area contributed by atoms with Gasteiger partial charge in [0.15, 0.2) is 0 Å². The Morgan fingerprint density at radius 1 is 1.32 bits per heavy atom. The first-order chi connectivity index (χ1) is 8.81. The van der Waals surface area contributed by atoms with Crippen LogP contribution in [0.1, 0.15) is 20.3 Å². The molecule has 0 bridgehead atoms. The van der Waals surface area contributed by atoms with Crippen LogP contribution in [0.15, 0.2) is 32.0 Å². The zero-order valence-corrected chi connectivity index (χ0v) is 14.7. The second kappa shape index (κ2) is 7.17. The third kappa shape index (κ3) is 4.53. The Bertz CT molecular complexity index is 534. The van der Waals surface area contributed by atoms with E-state index in [0.29, 0.717) is 4.47 Å². The van der Waals surface area contributed by atoms with Gasteiger partial charge in [-0.15, -0.1) is 0 Å². The molecule has 2 atom stereocenters. The van der Waals surface area contributed by atoms with Crippen molar-refractivity contribution in [3.05, 3.63) is 27.1 Å². The van der Waals surface area contributed by atoms with Crippen molar-refractivity contribution in [2.75, 3.05) is 6.61 Å². The van der Waals surface area contributed by atoms with Gasteiger partial charge in [0.1, 0.15) is 0 Å². The van der Waals surface area contributed by atoms with E-state index in [1.165, 1.54) is 12.1 Å². The van der Waals surface area contributed by atoms with Gasteiger partial charge in [-0.05, 0) is 56.0 Å². The SMILES string of the molecule is CCC(C)C(CO)NS(=O)(=O)c1ccc(Br)c(Br)c1. The first kappa shape index (κ1) is 17.1. The molecule has 0 aromatic heterocycles. The standard InChI is InChI=1S/C12H17Br2NO3S/c1-3-8(2)12(7-16)15-19(17,18)9-4-5-10(13)11(14)6-9/h4-6,8,12,15-16H,3,7H2,1-2H3. The maximum Gasteiger partial charge on any atom is 0.240 e. The van der Waals surface area contributed by atoms with E-state index >= 15 is 0 Å². The highest BCUT2D eigenvalue weighted by atomic mass is 79.9. The van der Waals surface area contributed by atoms with Gasteiger partial charge in [-0.25, -0.2) is 13.1 Å². The number of rotatable bonds is 6. The number of aliphatic hydroxyl groups excluding tert-OH is 1. The van der Waals surface area contributed by atoms with Crippen molar-refractivity contribution in [3.63, 3.8) is 0 Å². The summed E-state index contributed by atoms with van der Waals surface area (Å²) in [5, 5.41) is 9.29. The fourth-order valence-corrected chi connectivity index (χ4v) is 3.67. The van der Waals surface area contributed by atoms with Gasteiger partial charge in [-0.1, -0.05) is 20.3 Å². The molecule has 0 aliphatic carbocycles. The molecule has 0 fully saturated rings. The third-order valence-electron chi connectivity index (χ3n) is 3.04. The van der Waals surface area contributed by atoms with Gasteiger partial charge in [0.25, 0.3) is 0 Å². The van der Waals surface area contributed by atoms with E-state index in [-0.39, 0.29) is 17.4 Å². The topological polar surface area (TPSA) is 66.4 Å². The minimum absolute atomic E-state index is 0.0682. The van der Waals surface area contributed by atoms with Crippen molar-refractivity contribution < 1.29 is 13.5 Å². The van der Waals surface area contributed by atoms with Crippen LogP contribution in [0.25, 0.3) is 0 Å². The van der Waals surface area contributed by atoms with Crippen LogP contribution in [0.5, 0.6) is 0 Å². The first-order valence-corrected chi connectivity index (χ1v) is 8.97. The fraction of sp³-hybridized carbons (Fsp3) is 0.500. The molecular weight excluding hydrogens is 398 g/mol. The monoisotopic (exact) mass is 413 g/mol. The van der Waals surface area contributed by atoms with Crippen LogP contribution in [-0.4, -0.2) is 26.2 Å². The summed E-state index contributed by atoms with van der Waals surface area (Å²) < 4.78 is 28.4. The van der Waals surface area contributed by atoms with Crippen molar-refractivity contribution in [2.45, 2.75) is 31.2 Å². The van der Waals surface area contributed by atoms with Crippen LogP contribution in [0, 0.1) is 5.92 Å². The van der Waals surface area contributed by atoms with Crippen molar-refractivity contribution in [2.24, 2.45) is 5.92 Å². The fourth-order valence-electron chi connectivity index (χ4n) is 1.53. The quantitative estimate of drug-likeness (QED) is 0.751. The number of hydrogen-bond acceptors (Lipinski definition) is 3. The Morgan fingerprint density at radius 2 is 1.95 bits per heavy atom. The number of benzene rings is 1. The van der Waals surface area contributed by atoms with Gasteiger partial charge in [0.2, 0.25) is 10.0 Å². The van der Waals surface area contributed by atoms with Crippen molar-refractivity contribution in [3.8, 4) is 0 Å². The lowest BCUT2D eigenvalue weighted by molar-refractivity contribution is 0.219. The molecule has 108 valence electrons. The number of halogens is 2. The molecule has 0 saturated carbocycles. The van der Waals surface area contributed by atoms with E-state index in [4.69, 9.17) is 0 Å². The molecule has 2 unspecified atom stereocenters. The van der Waals surface area contributed by atoms with Gasteiger partial charge < -0.3 is 5.11 Å². The van der Waals surface area contributed by atoms with Gasteiger partial charge in [-0.2, -0.15) is 0 Å². The zero-order chi connectivity index (χ0) is 14.6. The summed E-state index contributed by atoms with van der Waals surface area (Å²) in [4.78, 5) is 0.171.